The van der Waals surface area contributed by atoms with E-state index in [4.69, 9.17) is 0 Å². The monoisotopic (exact) mass is 286 g/mol. The molecule has 0 bridgehead atoms. The highest BCUT2D eigenvalue weighted by molar-refractivity contribution is 7.99. The highest BCUT2D eigenvalue weighted by Crippen LogP contribution is 2.45. The van der Waals surface area contributed by atoms with Gasteiger partial charge in [0.05, 0.1) is 5.92 Å². The van der Waals surface area contributed by atoms with Crippen molar-refractivity contribution >= 4 is 17.7 Å². The molecule has 1 aliphatic carbocycles. The van der Waals surface area contributed by atoms with Crippen molar-refractivity contribution in [3.63, 3.8) is 0 Å². The van der Waals surface area contributed by atoms with Crippen LogP contribution in [-0.2, 0) is 4.79 Å². The molecule has 0 heterocycles. The number of rotatable bonds is 6. The Hall–Kier alpha value is -0.180. The van der Waals surface area contributed by atoms with E-state index in [0.717, 1.165) is 25.0 Å². The van der Waals surface area contributed by atoms with Crippen LogP contribution in [-0.4, -0.2) is 22.1 Å². The van der Waals surface area contributed by atoms with Crippen LogP contribution in [0.5, 0.6) is 0 Å². The maximum atomic E-state index is 11.4. The summed E-state index contributed by atoms with van der Waals surface area (Å²) in [5.41, 5.74) is 0.347. The number of carboxylic acid groups (broad SMARTS) is 1. The van der Waals surface area contributed by atoms with E-state index in [9.17, 15) is 9.90 Å². The van der Waals surface area contributed by atoms with Crippen LogP contribution in [0.2, 0.25) is 0 Å². The van der Waals surface area contributed by atoms with Gasteiger partial charge in [0.2, 0.25) is 0 Å². The molecule has 1 aliphatic rings. The molecule has 0 radical (unpaired) electrons. The van der Waals surface area contributed by atoms with Gasteiger partial charge in [-0.1, -0.05) is 41.0 Å². The molecule has 0 aromatic heterocycles. The van der Waals surface area contributed by atoms with E-state index in [1.54, 1.807) is 0 Å². The summed E-state index contributed by atoms with van der Waals surface area (Å²) in [6, 6.07) is 0. The molecule has 1 fully saturated rings. The summed E-state index contributed by atoms with van der Waals surface area (Å²) < 4.78 is 0. The third-order valence-electron chi connectivity index (χ3n) is 4.77. The van der Waals surface area contributed by atoms with E-state index in [2.05, 4.69) is 34.6 Å². The van der Waals surface area contributed by atoms with Crippen LogP contribution in [0, 0.1) is 23.2 Å². The van der Waals surface area contributed by atoms with Crippen LogP contribution in [0.15, 0.2) is 0 Å². The van der Waals surface area contributed by atoms with Gasteiger partial charge >= 0.3 is 5.97 Å². The Kier molecular flexibility index (Phi) is 6.22. The Labute approximate surface area is 122 Å². The van der Waals surface area contributed by atoms with Gasteiger partial charge in [-0.05, 0) is 42.3 Å². The first kappa shape index (κ1) is 16.9. The molecule has 1 N–H and O–H groups in total. The Bertz CT molecular complexity index is 299. The second-order valence-electron chi connectivity index (χ2n) is 7.06. The molecule has 1 rings (SSSR count). The molecule has 3 atom stereocenters. The molecule has 112 valence electrons. The Balaban J connectivity index is 2.71. The van der Waals surface area contributed by atoms with Gasteiger partial charge in [0, 0.05) is 5.25 Å². The maximum absolute atomic E-state index is 11.4. The first-order chi connectivity index (χ1) is 8.77. The number of thioether (sulfide) groups is 1. The number of aliphatic carboxylic acids is 1. The van der Waals surface area contributed by atoms with E-state index < -0.39 is 5.97 Å². The maximum Gasteiger partial charge on any atom is 0.307 e. The second-order valence-corrected chi connectivity index (χ2v) is 8.33. The van der Waals surface area contributed by atoms with Crippen molar-refractivity contribution in [3.8, 4) is 0 Å². The van der Waals surface area contributed by atoms with Gasteiger partial charge in [-0.15, -0.1) is 0 Å². The molecule has 3 heteroatoms. The zero-order chi connectivity index (χ0) is 14.6. The van der Waals surface area contributed by atoms with Gasteiger partial charge in [0.15, 0.2) is 0 Å². The van der Waals surface area contributed by atoms with Crippen molar-refractivity contribution < 1.29 is 9.90 Å². The summed E-state index contributed by atoms with van der Waals surface area (Å²) in [4.78, 5) is 11.4. The van der Waals surface area contributed by atoms with Crippen LogP contribution in [0.25, 0.3) is 0 Å². The number of carboxylic acids is 1. The molecule has 0 aromatic rings. The number of hydrogen-bond acceptors (Lipinski definition) is 2. The minimum absolute atomic E-state index is 0.132. The fraction of sp³-hybridized carbons (Fsp3) is 0.938. The van der Waals surface area contributed by atoms with Gasteiger partial charge in [-0.25, -0.2) is 0 Å². The normalized spacial score (nSPS) is 28.6. The van der Waals surface area contributed by atoms with Gasteiger partial charge in [-0.2, -0.15) is 11.8 Å². The van der Waals surface area contributed by atoms with Crippen LogP contribution in [0.1, 0.15) is 60.3 Å². The molecular weight excluding hydrogens is 256 g/mol. The zero-order valence-corrected chi connectivity index (χ0v) is 13.9. The smallest absolute Gasteiger partial charge is 0.307 e. The standard InChI is InChI=1S/C16H30O2S/c1-6-16(4,5)12-7-8-13(15(17)18)14(9-12)19-10-11(2)3/h11-14H,6-10H2,1-5H3,(H,17,18). The lowest BCUT2D eigenvalue weighted by Crippen LogP contribution is -2.38. The zero-order valence-electron chi connectivity index (χ0n) is 13.1. The molecular formula is C16H30O2S. The molecule has 0 amide bonds. The highest BCUT2D eigenvalue weighted by Gasteiger charge is 2.40. The summed E-state index contributed by atoms with van der Waals surface area (Å²) in [7, 11) is 0. The highest BCUT2D eigenvalue weighted by atomic mass is 32.2. The van der Waals surface area contributed by atoms with E-state index >= 15 is 0 Å². The lowest BCUT2D eigenvalue weighted by Gasteiger charge is -2.41. The molecule has 0 aliphatic heterocycles. The lowest BCUT2D eigenvalue weighted by atomic mass is 9.67. The van der Waals surface area contributed by atoms with Gasteiger partial charge in [-0.3, -0.25) is 4.79 Å². The quantitative estimate of drug-likeness (QED) is 0.770. The summed E-state index contributed by atoms with van der Waals surface area (Å²) in [6.45, 7) is 11.3. The van der Waals surface area contributed by atoms with Gasteiger partial charge in [0.1, 0.15) is 0 Å². The Morgan fingerprint density at radius 1 is 1.37 bits per heavy atom. The molecule has 0 aromatic carbocycles. The van der Waals surface area contributed by atoms with Crippen LogP contribution < -0.4 is 0 Å². The Morgan fingerprint density at radius 3 is 2.47 bits per heavy atom. The van der Waals surface area contributed by atoms with Crippen molar-refractivity contribution in [2.24, 2.45) is 23.2 Å². The van der Waals surface area contributed by atoms with Crippen molar-refractivity contribution in [2.45, 2.75) is 65.6 Å². The second kappa shape index (κ2) is 7.01. The van der Waals surface area contributed by atoms with Crippen LogP contribution in [0.4, 0.5) is 0 Å². The minimum Gasteiger partial charge on any atom is -0.481 e. The average Bonchev–Trinajstić information content (AvgIpc) is 2.35. The van der Waals surface area contributed by atoms with Gasteiger partial charge in [0.25, 0.3) is 0 Å². The summed E-state index contributed by atoms with van der Waals surface area (Å²) in [5, 5.41) is 9.72. The van der Waals surface area contributed by atoms with E-state index in [0.29, 0.717) is 22.5 Å². The van der Waals surface area contributed by atoms with Crippen LogP contribution >= 0.6 is 11.8 Å². The summed E-state index contributed by atoms with van der Waals surface area (Å²) >= 11 is 1.89. The largest absolute Gasteiger partial charge is 0.481 e. The fourth-order valence-electron chi connectivity index (χ4n) is 2.91. The minimum atomic E-state index is -0.589. The molecule has 1 saturated carbocycles. The summed E-state index contributed by atoms with van der Waals surface area (Å²) in [5.74, 6) is 1.67. The molecule has 3 unspecified atom stereocenters. The molecule has 0 spiro atoms. The third kappa shape index (κ3) is 4.70. The fourth-order valence-corrected chi connectivity index (χ4v) is 4.40. The lowest BCUT2D eigenvalue weighted by molar-refractivity contribution is -0.143. The third-order valence-corrected chi connectivity index (χ3v) is 6.58. The van der Waals surface area contributed by atoms with E-state index in [1.165, 1.54) is 6.42 Å². The Morgan fingerprint density at radius 2 is 2.00 bits per heavy atom. The van der Waals surface area contributed by atoms with Crippen molar-refractivity contribution in [3.05, 3.63) is 0 Å². The molecule has 2 nitrogen and oxygen atoms in total. The van der Waals surface area contributed by atoms with Crippen LogP contribution in [0.3, 0.4) is 0 Å². The van der Waals surface area contributed by atoms with Crippen molar-refractivity contribution in [2.75, 3.05) is 5.75 Å². The van der Waals surface area contributed by atoms with E-state index in [-0.39, 0.29) is 5.92 Å². The van der Waals surface area contributed by atoms with Gasteiger partial charge < -0.3 is 5.11 Å². The van der Waals surface area contributed by atoms with E-state index in [1.807, 2.05) is 11.8 Å². The molecule has 19 heavy (non-hydrogen) atoms. The topological polar surface area (TPSA) is 37.3 Å². The summed E-state index contributed by atoms with van der Waals surface area (Å²) in [6.07, 6.45) is 4.20. The predicted octanol–water partition coefficient (Wildman–Crippen LogP) is 4.68. The first-order valence-electron chi connectivity index (χ1n) is 7.62. The number of hydrogen-bond donors (Lipinski definition) is 1. The van der Waals surface area contributed by atoms with Crippen molar-refractivity contribution in [1.82, 2.24) is 0 Å². The number of carbonyl (C=O) groups is 1. The molecule has 0 saturated heterocycles. The average molecular weight is 286 g/mol. The predicted molar refractivity (Wildman–Crippen MR) is 83.6 cm³/mol. The first-order valence-corrected chi connectivity index (χ1v) is 8.67. The van der Waals surface area contributed by atoms with Crippen molar-refractivity contribution in [1.29, 1.82) is 0 Å². The SMILES string of the molecule is CCC(C)(C)C1CCC(C(=O)O)C(SCC(C)C)C1.